The van der Waals surface area contributed by atoms with Crippen molar-refractivity contribution in [1.82, 2.24) is 0 Å². The van der Waals surface area contributed by atoms with Crippen LogP contribution in [0.15, 0.2) is 70.6 Å². The zero-order chi connectivity index (χ0) is 16.1. The maximum absolute atomic E-state index is 11.9. The van der Waals surface area contributed by atoms with Gasteiger partial charge in [-0.3, -0.25) is 0 Å². The van der Waals surface area contributed by atoms with Gasteiger partial charge in [-0.05, 0) is 24.3 Å². The Morgan fingerprint density at radius 2 is 1.09 bits per heavy atom. The maximum atomic E-state index is 11.9. The van der Waals surface area contributed by atoms with Crippen LogP contribution in [0.25, 0.3) is 11.5 Å². The number of hydrogen-bond donors (Lipinski definition) is 0. The van der Waals surface area contributed by atoms with Crippen molar-refractivity contribution in [3.8, 4) is 0 Å². The summed E-state index contributed by atoms with van der Waals surface area (Å²) < 4.78 is 24.3. The Hall–Kier alpha value is -1.29. The molecule has 0 aromatic heterocycles. The largest absolute Gasteiger partial charge is 0.418 e. The molecular weight excluding hydrogens is 431 g/mol. The van der Waals surface area contributed by atoms with Gasteiger partial charge in [0.05, 0.1) is 0 Å². The fourth-order valence-corrected chi connectivity index (χ4v) is 2.82. The fourth-order valence-electron chi connectivity index (χ4n) is 1.61. The van der Waals surface area contributed by atoms with E-state index in [1.165, 1.54) is 0 Å². The predicted molar refractivity (Wildman–Crippen MR) is 97.5 cm³/mol. The quantitative estimate of drug-likeness (QED) is 0.389. The summed E-state index contributed by atoms with van der Waals surface area (Å²) in [5.41, 5.74) is 1.47. The summed E-state index contributed by atoms with van der Waals surface area (Å²) in [7, 11) is -2.77. The van der Waals surface area contributed by atoms with Gasteiger partial charge < -0.3 is 9.05 Å². The molecule has 0 amide bonds. The van der Waals surface area contributed by atoms with Crippen molar-refractivity contribution in [2.24, 2.45) is 0 Å². The van der Waals surface area contributed by atoms with E-state index in [0.29, 0.717) is 11.5 Å². The van der Waals surface area contributed by atoms with Crippen molar-refractivity contribution >= 4 is 51.6 Å². The van der Waals surface area contributed by atoms with Crippen LogP contribution < -0.4 is 0 Å². The summed E-state index contributed by atoms with van der Waals surface area (Å²) in [6.45, 7) is 7.52. The summed E-state index contributed by atoms with van der Waals surface area (Å²) in [5.74, 6) is 0.583. The van der Waals surface area contributed by atoms with Gasteiger partial charge in [-0.15, -0.1) is 0 Å². The average Bonchev–Trinajstić information content (AvgIpc) is 2.48. The molecule has 6 heteroatoms. The Kier molecular flexibility index (Phi) is 6.07. The van der Waals surface area contributed by atoms with Gasteiger partial charge in [-0.2, -0.15) is 0 Å². The molecule has 0 aliphatic carbocycles. The molecule has 0 saturated heterocycles. The Labute approximate surface area is 146 Å². The molecule has 0 bridgehead atoms. The zero-order valence-electron chi connectivity index (χ0n) is 11.5. The summed E-state index contributed by atoms with van der Waals surface area (Å²) in [6, 6.07) is 14.6. The van der Waals surface area contributed by atoms with Crippen molar-refractivity contribution < 1.29 is 13.6 Å². The molecule has 0 aliphatic heterocycles. The Morgan fingerprint density at radius 3 is 1.41 bits per heavy atom. The summed E-state index contributed by atoms with van der Waals surface area (Å²) in [6.07, 6.45) is 0. The second-order valence-electron chi connectivity index (χ2n) is 4.31. The minimum Gasteiger partial charge on any atom is -0.418 e. The van der Waals surface area contributed by atoms with Gasteiger partial charge in [0.25, 0.3) is 0 Å². The minimum atomic E-state index is -2.77. The van der Waals surface area contributed by atoms with Crippen LogP contribution in [-0.2, 0) is 13.6 Å². The van der Waals surface area contributed by atoms with E-state index in [4.69, 9.17) is 9.05 Å². The molecule has 2 rings (SSSR count). The summed E-state index contributed by atoms with van der Waals surface area (Å²) in [4.78, 5) is 0. The standard InChI is InChI=1S/C16H13Br2O3P/c1-11(13-3-7-15(17)8-4-13)20-22(19)21-12(2)14-5-9-16(18)10-6-14/h3-10,22H,1-2H2. The van der Waals surface area contributed by atoms with Crippen molar-refractivity contribution in [2.75, 3.05) is 0 Å². The smallest absolute Gasteiger partial charge is 0.418 e. The molecule has 3 nitrogen and oxygen atoms in total. The topological polar surface area (TPSA) is 35.5 Å². The van der Waals surface area contributed by atoms with Gasteiger partial charge in [0.2, 0.25) is 0 Å². The van der Waals surface area contributed by atoms with Crippen LogP contribution in [-0.4, -0.2) is 0 Å². The lowest BCUT2D eigenvalue weighted by Gasteiger charge is -2.12. The van der Waals surface area contributed by atoms with Crippen LogP contribution >= 0.6 is 40.1 Å². The second kappa shape index (κ2) is 7.82. The molecule has 0 unspecified atom stereocenters. The molecule has 0 spiro atoms. The van der Waals surface area contributed by atoms with Crippen LogP contribution in [0.1, 0.15) is 11.1 Å². The highest BCUT2D eigenvalue weighted by Gasteiger charge is 2.09. The summed E-state index contributed by atoms with van der Waals surface area (Å²) >= 11 is 6.69. The molecule has 0 heterocycles. The van der Waals surface area contributed by atoms with Crippen molar-refractivity contribution in [3.63, 3.8) is 0 Å². The van der Waals surface area contributed by atoms with E-state index < -0.39 is 8.25 Å². The number of hydrogen-bond acceptors (Lipinski definition) is 3. The van der Waals surface area contributed by atoms with Gasteiger partial charge in [0, 0.05) is 20.1 Å². The minimum absolute atomic E-state index is 0.292. The van der Waals surface area contributed by atoms with Crippen LogP contribution in [0.5, 0.6) is 0 Å². The van der Waals surface area contributed by atoms with E-state index >= 15 is 0 Å². The molecule has 0 radical (unpaired) electrons. The van der Waals surface area contributed by atoms with Gasteiger partial charge in [-0.25, -0.2) is 4.57 Å². The monoisotopic (exact) mass is 442 g/mol. The third-order valence-electron chi connectivity index (χ3n) is 2.75. The van der Waals surface area contributed by atoms with Crippen LogP contribution in [0.2, 0.25) is 0 Å². The van der Waals surface area contributed by atoms with Crippen molar-refractivity contribution in [1.29, 1.82) is 0 Å². The first-order chi connectivity index (χ1) is 10.5. The van der Waals surface area contributed by atoms with Crippen LogP contribution in [0.3, 0.4) is 0 Å². The Bertz CT molecular complexity index is 648. The molecule has 0 N–H and O–H groups in total. The van der Waals surface area contributed by atoms with Gasteiger partial charge in [-0.1, -0.05) is 69.3 Å². The van der Waals surface area contributed by atoms with Crippen LogP contribution in [0.4, 0.5) is 0 Å². The number of halogens is 2. The van der Waals surface area contributed by atoms with E-state index in [1.54, 1.807) is 0 Å². The first-order valence-corrected chi connectivity index (χ1v) is 9.06. The lowest BCUT2D eigenvalue weighted by Crippen LogP contribution is -1.88. The normalized spacial score (nSPS) is 10.3. The molecule has 0 fully saturated rings. The molecule has 0 atom stereocenters. The van der Waals surface area contributed by atoms with Gasteiger partial charge in [0.1, 0.15) is 11.5 Å². The second-order valence-corrected chi connectivity index (χ2v) is 7.05. The van der Waals surface area contributed by atoms with E-state index in [-0.39, 0.29) is 0 Å². The maximum Gasteiger partial charge on any atom is 0.418 e. The highest BCUT2D eigenvalue weighted by Crippen LogP contribution is 2.36. The zero-order valence-corrected chi connectivity index (χ0v) is 15.7. The molecule has 2 aromatic carbocycles. The third-order valence-corrected chi connectivity index (χ3v) is 4.63. The number of benzene rings is 2. The molecular formula is C16H13Br2O3P. The first kappa shape index (κ1) is 17.1. The summed E-state index contributed by atoms with van der Waals surface area (Å²) in [5, 5.41) is 0. The van der Waals surface area contributed by atoms with Gasteiger partial charge >= 0.3 is 8.25 Å². The van der Waals surface area contributed by atoms with E-state index in [2.05, 4.69) is 45.0 Å². The lowest BCUT2D eigenvalue weighted by atomic mass is 10.2. The van der Waals surface area contributed by atoms with E-state index in [9.17, 15) is 4.57 Å². The predicted octanol–water partition coefficient (Wildman–Crippen LogP) is 6.28. The molecule has 114 valence electrons. The van der Waals surface area contributed by atoms with Crippen LogP contribution in [0, 0.1) is 0 Å². The molecule has 0 aliphatic rings. The van der Waals surface area contributed by atoms with E-state index in [1.807, 2.05) is 48.5 Å². The Balaban J connectivity index is 1.95. The average molecular weight is 444 g/mol. The lowest BCUT2D eigenvalue weighted by molar-refractivity contribution is 0.383. The number of rotatable bonds is 6. The molecule has 2 aromatic rings. The fraction of sp³-hybridized carbons (Fsp3) is 0. The highest BCUT2D eigenvalue weighted by molar-refractivity contribution is 9.10. The molecule has 22 heavy (non-hydrogen) atoms. The van der Waals surface area contributed by atoms with E-state index in [0.717, 1.165) is 20.1 Å². The van der Waals surface area contributed by atoms with Crippen molar-refractivity contribution in [3.05, 3.63) is 81.8 Å². The first-order valence-electron chi connectivity index (χ1n) is 6.25. The molecule has 0 saturated carbocycles. The highest BCUT2D eigenvalue weighted by atomic mass is 79.9. The SMILES string of the molecule is C=C(O[PH](=O)OC(=C)c1ccc(Br)cc1)c1ccc(Br)cc1. The third kappa shape index (κ3) is 4.87. The Morgan fingerprint density at radius 1 is 0.773 bits per heavy atom. The van der Waals surface area contributed by atoms with Crippen molar-refractivity contribution in [2.45, 2.75) is 0 Å². The van der Waals surface area contributed by atoms with Gasteiger partial charge in [0.15, 0.2) is 0 Å².